The summed E-state index contributed by atoms with van der Waals surface area (Å²) in [6, 6.07) is 52.1. The van der Waals surface area contributed by atoms with Crippen LogP contribution in [0, 0.1) is 0 Å². The van der Waals surface area contributed by atoms with Crippen LogP contribution in [0.25, 0.3) is 11.0 Å². The summed E-state index contributed by atoms with van der Waals surface area (Å²) in [5, 5.41) is 0. The molecule has 6 rings (SSSR count). The van der Waals surface area contributed by atoms with Gasteiger partial charge >= 0.3 is 222 Å². The van der Waals surface area contributed by atoms with E-state index in [1.807, 2.05) is 0 Å². The van der Waals surface area contributed by atoms with E-state index in [1.165, 1.54) is 26.4 Å². The SMILES string of the molecule is c1ccc([As](c2ccccc2)c2nc3ccccc3nc2[As](c2ccccc2)c2ccccc2)cc1. The van der Waals surface area contributed by atoms with Crippen molar-refractivity contribution in [1.29, 1.82) is 0 Å². The molecule has 172 valence electrons. The summed E-state index contributed by atoms with van der Waals surface area (Å²) in [6.45, 7) is 0. The summed E-state index contributed by atoms with van der Waals surface area (Å²) >= 11 is -3.98. The van der Waals surface area contributed by atoms with Crippen molar-refractivity contribution < 1.29 is 0 Å². The van der Waals surface area contributed by atoms with Gasteiger partial charge in [0.1, 0.15) is 0 Å². The van der Waals surface area contributed by atoms with Gasteiger partial charge in [-0.15, -0.1) is 0 Å². The van der Waals surface area contributed by atoms with Crippen molar-refractivity contribution in [3.05, 3.63) is 146 Å². The van der Waals surface area contributed by atoms with Crippen LogP contribution in [0.3, 0.4) is 0 Å². The predicted octanol–water partition coefficient (Wildman–Crippen LogP) is 2.66. The van der Waals surface area contributed by atoms with Crippen LogP contribution in [0.5, 0.6) is 0 Å². The molecule has 0 radical (unpaired) electrons. The Morgan fingerprint density at radius 2 is 0.556 bits per heavy atom. The molecule has 1 heterocycles. The van der Waals surface area contributed by atoms with Crippen LogP contribution in [0.4, 0.5) is 0 Å². The van der Waals surface area contributed by atoms with E-state index in [-0.39, 0.29) is 0 Å². The summed E-state index contributed by atoms with van der Waals surface area (Å²) in [6.07, 6.45) is 0. The molecule has 0 saturated heterocycles. The molecule has 6 aromatic rings. The summed E-state index contributed by atoms with van der Waals surface area (Å²) in [5.41, 5.74) is 1.94. The van der Waals surface area contributed by atoms with Crippen molar-refractivity contribution in [3.8, 4) is 0 Å². The molecule has 0 fully saturated rings. The molecule has 5 aromatic carbocycles. The van der Waals surface area contributed by atoms with Crippen molar-refractivity contribution in [2.75, 3.05) is 0 Å². The van der Waals surface area contributed by atoms with Gasteiger partial charge in [-0.05, 0) is 0 Å². The number of hydrogen-bond acceptors (Lipinski definition) is 2. The molecule has 0 amide bonds. The van der Waals surface area contributed by atoms with E-state index < -0.39 is 29.3 Å². The third kappa shape index (κ3) is 4.68. The monoisotopic (exact) mass is 586 g/mol. The Balaban J connectivity index is 1.68. The van der Waals surface area contributed by atoms with Crippen LogP contribution >= 0.6 is 0 Å². The second-order valence-corrected chi connectivity index (χ2v) is 17.3. The van der Waals surface area contributed by atoms with Crippen LogP contribution in [-0.2, 0) is 0 Å². The first-order chi connectivity index (χ1) is 17.9. The van der Waals surface area contributed by atoms with Crippen molar-refractivity contribution in [2.45, 2.75) is 0 Å². The van der Waals surface area contributed by atoms with Gasteiger partial charge < -0.3 is 0 Å². The second kappa shape index (κ2) is 10.7. The molecule has 0 saturated carbocycles. The topological polar surface area (TPSA) is 25.8 Å². The zero-order chi connectivity index (χ0) is 24.2. The van der Waals surface area contributed by atoms with Crippen LogP contribution in [0.2, 0.25) is 0 Å². The molecule has 0 aliphatic heterocycles. The molecule has 0 aliphatic carbocycles. The molecule has 1 aromatic heterocycles. The predicted molar refractivity (Wildman–Crippen MR) is 155 cm³/mol. The molecule has 0 unspecified atom stereocenters. The standard InChI is InChI=1S/C32H24As2N2/c1-5-15-25(16-6-1)33(26-17-7-2-8-18-26)31-32(36-30-24-14-13-23-29(30)35-31)34(27-19-9-3-10-20-27)28-21-11-4-12-22-28/h1-24H. The maximum absolute atomic E-state index is 5.44. The van der Waals surface area contributed by atoms with Gasteiger partial charge in [-0.2, -0.15) is 0 Å². The Hall–Kier alpha value is -3.44. The van der Waals surface area contributed by atoms with Crippen LogP contribution in [0.1, 0.15) is 0 Å². The Labute approximate surface area is 221 Å². The van der Waals surface area contributed by atoms with Crippen LogP contribution in [-0.4, -0.2) is 39.3 Å². The number of aromatic nitrogens is 2. The Morgan fingerprint density at radius 3 is 0.833 bits per heavy atom. The summed E-state index contributed by atoms with van der Waals surface area (Å²) in [5.74, 6) is 0. The van der Waals surface area contributed by atoms with Gasteiger partial charge in [0.2, 0.25) is 0 Å². The Morgan fingerprint density at radius 1 is 0.306 bits per heavy atom. The molecule has 4 heteroatoms. The van der Waals surface area contributed by atoms with E-state index in [2.05, 4.69) is 146 Å². The summed E-state index contributed by atoms with van der Waals surface area (Å²) < 4.78 is 7.89. The van der Waals surface area contributed by atoms with Gasteiger partial charge in [0.25, 0.3) is 0 Å². The average Bonchev–Trinajstić information content (AvgIpc) is 2.96. The molecule has 0 atom stereocenters. The molecule has 36 heavy (non-hydrogen) atoms. The van der Waals surface area contributed by atoms with Crippen molar-refractivity contribution in [1.82, 2.24) is 9.97 Å². The third-order valence-corrected chi connectivity index (χ3v) is 16.8. The third-order valence-electron chi connectivity index (χ3n) is 6.02. The molecule has 0 aliphatic rings. The molecular formula is C32H24As2N2. The van der Waals surface area contributed by atoms with Gasteiger partial charge in [0.05, 0.1) is 0 Å². The second-order valence-electron chi connectivity index (χ2n) is 8.37. The van der Waals surface area contributed by atoms with E-state index in [9.17, 15) is 0 Å². The van der Waals surface area contributed by atoms with Gasteiger partial charge in [-0.1, -0.05) is 0 Å². The van der Waals surface area contributed by atoms with E-state index >= 15 is 0 Å². The minimum absolute atomic E-state index is 0.970. The van der Waals surface area contributed by atoms with Crippen molar-refractivity contribution in [2.24, 2.45) is 0 Å². The molecule has 0 bridgehead atoms. The number of para-hydroxylation sites is 2. The van der Waals surface area contributed by atoms with Crippen molar-refractivity contribution >= 4 is 66.7 Å². The van der Waals surface area contributed by atoms with E-state index in [0.717, 1.165) is 11.0 Å². The summed E-state index contributed by atoms with van der Waals surface area (Å²) in [4.78, 5) is 10.9. The van der Waals surface area contributed by atoms with Gasteiger partial charge in [-0.3, -0.25) is 0 Å². The fourth-order valence-corrected chi connectivity index (χ4v) is 15.7. The number of nitrogens with zero attached hydrogens (tertiary/aromatic N) is 2. The molecule has 0 spiro atoms. The van der Waals surface area contributed by atoms with Gasteiger partial charge in [0.15, 0.2) is 0 Å². The Bertz CT molecular complexity index is 1370. The first kappa shape index (κ1) is 23.0. The van der Waals surface area contributed by atoms with Crippen molar-refractivity contribution in [3.63, 3.8) is 0 Å². The molecule has 2 nitrogen and oxygen atoms in total. The average molecular weight is 586 g/mol. The molecule has 0 N–H and O–H groups in total. The number of benzene rings is 5. The van der Waals surface area contributed by atoms with E-state index in [0.29, 0.717) is 0 Å². The first-order valence-corrected chi connectivity index (χ1v) is 17.6. The number of fused-ring (bicyclic) bond motifs is 1. The fraction of sp³-hybridized carbons (Fsp3) is 0. The first-order valence-electron chi connectivity index (χ1n) is 12.0. The minimum atomic E-state index is -1.99. The molecular weight excluding hydrogens is 562 g/mol. The zero-order valence-corrected chi connectivity index (χ0v) is 23.4. The zero-order valence-electron chi connectivity index (χ0n) is 19.6. The maximum atomic E-state index is 5.44. The van der Waals surface area contributed by atoms with Gasteiger partial charge in [-0.25, -0.2) is 0 Å². The Kier molecular flexibility index (Phi) is 6.81. The number of rotatable bonds is 6. The van der Waals surface area contributed by atoms with E-state index in [4.69, 9.17) is 9.97 Å². The summed E-state index contributed by atoms with van der Waals surface area (Å²) in [7, 11) is 0. The number of hydrogen-bond donors (Lipinski definition) is 0. The van der Waals surface area contributed by atoms with Crippen LogP contribution < -0.4 is 26.4 Å². The van der Waals surface area contributed by atoms with Gasteiger partial charge in [0, 0.05) is 0 Å². The van der Waals surface area contributed by atoms with E-state index in [1.54, 1.807) is 0 Å². The van der Waals surface area contributed by atoms with Crippen LogP contribution in [0.15, 0.2) is 146 Å². The normalized spacial score (nSPS) is 11.3. The quantitative estimate of drug-likeness (QED) is 0.281. The fourth-order valence-electron chi connectivity index (χ4n) is 4.38.